The van der Waals surface area contributed by atoms with Gasteiger partial charge in [0.1, 0.15) is 10.8 Å². The number of hydrogen-bond donors (Lipinski definition) is 3. The molecular weight excluding hydrogens is 473 g/mol. The van der Waals surface area contributed by atoms with Crippen LogP contribution in [-0.2, 0) is 12.7 Å². The zero-order chi connectivity index (χ0) is 24.3. The number of hydrogen-bond acceptors (Lipinski definition) is 9. The standard InChI is InChI=1S/C20H17F3N8O2S/c1-2-26-19(32)29-15-4-12(18-28-14(9-34-18)20(21,22)23)13(8-27-15)10-3-11(7-25-6-10)17-31-30-16(5-24)33-17/h3-4,6-9H,2,5,24H2,1H3,(H2,26,27,29,32). The molecule has 0 spiro atoms. The number of nitrogens with one attached hydrogen (secondary N) is 2. The Morgan fingerprint density at radius 3 is 2.62 bits per heavy atom. The van der Waals surface area contributed by atoms with Crippen molar-refractivity contribution in [2.75, 3.05) is 11.9 Å². The summed E-state index contributed by atoms with van der Waals surface area (Å²) in [5.74, 6) is 0.570. The lowest BCUT2D eigenvalue weighted by Gasteiger charge is -2.11. The van der Waals surface area contributed by atoms with Crippen LogP contribution in [0, 0.1) is 0 Å². The van der Waals surface area contributed by atoms with Crippen molar-refractivity contribution in [3.63, 3.8) is 0 Å². The number of nitrogens with zero attached hydrogens (tertiary/aromatic N) is 5. The number of aromatic nitrogens is 5. The zero-order valence-corrected chi connectivity index (χ0v) is 18.4. The predicted octanol–water partition coefficient (Wildman–Crippen LogP) is 3.94. The number of rotatable bonds is 6. The largest absolute Gasteiger partial charge is 0.434 e. The number of urea groups is 1. The Labute approximate surface area is 194 Å². The maximum Gasteiger partial charge on any atom is 0.434 e. The van der Waals surface area contributed by atoms with E-state index in [9.17, 15) is 18.0 Å². The molecular formula is C20H17F3N8O2S. The Kier molecular flexibility index (Phi) is 6.51. The molecule has 0 saturated carbocycles. The highest BCUT2D eigenvalue weighted by molar-refractivity contribution is 7.13. The summed E-state index contributed by atoms with van der Waals surface area (Å²) in [6.45, 7) is 2.20. The van der Waals surface area contributed by atoms with Crippen LogP contribution in [0.5, 0.6) is 0 Å². The third kappa shape index (κ3) is 5.02. The number of amides is 2. The normalized spacial score (nSPS) is 11.4. The topological polar surface area (TPSA) is 145 Å². The minimum Gasteiger partial charge on any atom is -0.419 e. The second-order valence-electron chi connectivity index (χ2n) is 6.80. The molecule has 4 heterocycles. The molecule has 4 N–H and O–H groups in total. The maximum atomic E-state index is 13.2. The van der Waals surface area contributed by atoms with Crippen LogP contribution in [0.25, 0.3) is 33.2 Å². The highest BCUT2D eigenvalue weighted by Crippen LogP contribution is 2.38. The molecule has 0 aliphatic carbocycles. The Morgan fingerprint density at radius 2 is 1.94 bits per heavy atom. The molecule has 34 heavy (non-hydrogen) atoms. The van der Waals surface area contributed by atoms with E-state index in [-0.39, 0.29) is 29.2 Å². The van der Waals surface area contributed by atoms with E-state index in [1.165, 1.54) is 24.7 Å². The molecule has 4 aromatic heterocycles. The molecule has 0 aromatic carbocycles. The SMILES string of the molecule is CCNC(=O)Nc1cc(-c2nc(C(F)(F)F)cs2)c(-c2cncc(-c3nnc(CN)o3)c2)cn1. The molecule has 4 rings (SSSR count). The lowest BCUT2D eigenvalue weighted by Crippen LogP contribution is -2.28. The quantitative estimate of drug-likeness (QED) is 0.369. The van der Waals surface area contributed by atoms with Crippen LogP contribution in [-0.4, -0.2) is 37.7 Å². The predicted molar refractivity (Wildman–Crippen MR) is 117 cm³/mol. The van der Waals surface area contributed by atoms with Gasteiger partial charge in [-0.15, -0.1) is 21.5 Å². The second-order valence-corrected chi connectivity index (χ2v) is 7.66. The highest BCUT2D eigenvalue weighted by Gasteiger charge is 2.34. The number of alkyl halides is 3. The van der Waals surface area contributed by atoms with E-state index in [1.807, 2.05) is 0 Å². The van der Waals surface area contributed by atoms with Gasteiger partial charge in [0, 0.05) is 47.2 Å². The van der Waals surface area contributed by atoms with Gasteiger partial charge in [0.25, 0.3) is 0 Å². The summed E-state index contributed by atoms with van der Waals surface area (Å²) in [6.07, 6.45) is -0.157. The molecule has 0 fully saturated rings. The fourth-order valence-corrected chi connectivity index (χ4v) is 3.79. The Morgan fingerprint density at radius 1 is 1.15 bits per heavy atom. The molecule has 0 bridgehead atoms. The van der Waals surface area contributed by atoms with Crippen LogP contribution in [0.2, 0.25) is 0 Å². The average Bonchev–Trinajstić information content (AvgIpc) is 3.49. The first kappa shape index (κ1) is 23.3. The molecule has 14 heteroatoms. The van der Waals surface area contributed by atoms with Crippen molar-refractivity contribution in [1.82, 2.24) is 30.5 Å². The zero-order valence-electron chi connectivity index (χ0n) is 17.6. The Hall–Kier alpha value is -3.91. The van der Waals surface area contributed by atoms with Crippen LogP contribution in [0.4, 0.5) is 23.8 Å². The van der Waals surface area contributed by atoms with E-state index in [0.29, 0.717) is 28.8 Å². The molecule has 176 valence electrons. The van der Waals surface area contributed by atoms with Crippen molar-refractivity contribution in [3.05, 3.63) is 47.7 Å². The van der Waals surface area contributed by atoms with E-state index >= 15 is 0 Å². The molecule has 0 radical (unpaired) electrons. The van der Waals surface area contributed by atoms with Crippen molar-refractivity contribution in [2.45, 2.75) is 19.6 Å². The lowest BCUT2D eigenvalue weighted by atomic mass is 10.0. The monoisotopic (exact) mass is 490 g/mol. The van der Waals surface area contributed by atoms with Crippen molar-refractivity contribution < 1.29 is 22.4 Å². The van der Waals surface area contributed by atoms with Gasteiger partial charge < -0.3 is 15.5 Å². The number of halogens is 3. The van der Waals surface area contributed by atoms with E-state index < -0.39 is 17.9 Å². The molecule has 2 amide bonds. The van der Waals surface area contributed by atoms with E-state index in [2.05, 4.69) is 35.8 Å². The highest BCUT2D eigenvalue weighted by atomic mass is 32.1. The summed E-state index contributed by atoms with van der Waals surface area (Å²) < 4.78 is 45.0. The summed E-state index contributed by atoms with van der Waals surface area (Å²) in [5, 5.41) is 13.9. The van der Waals surface area contributed by atoms with Gasteiger partial charge in [0.15, 0.2) is 5.69 Å². The third-order valence-corrected chi connectivity index (χ3v) is 5.32. The maximum absolute atomic E-state index is 13.2. The van der Waals surface area contributed by atoms with Gasteiger partial charge in [-0.3, -0.25) is 10.3 Å². The first-order valence-electron chi connectivity index (χ1n) is 9.84. The molecule has 0 saturated heterocycles. The Balaban J connectivity index is 1.79. The number of carbonyl (C=O) groups is 1. The fraction of sp³-hybridized carbons (Fsp3) is 0.200. The van der Waals surface area contributed by atoms with Gasteiger partial charge in [0.05, 0.1) is 12.1 Å². The van der Waals surface area contributed by atoms with E-state index in [0.717, 1.165) is 16.7 Å². The molecule has 10 nitrogen and oxygen atoms in total. The van der Waals surface area contributed by atoms with Gasteiger partial charge in [-0.2, -0.15) is 13.2 Å². The molecule has 4 aromatic rings. The van der Waals surface area contributed by atoms with Crippen molar-refractivity contribution in [2.24, 2.45) is 5.73 Å². The minimum absolute atomic E-state index is 0.0693. The summed E-state index contributed by atoms with van der Waals surface area (Å²) in [5.41, 5.74) is 6.26. The van der Waals surface area contributed by atoms with Crippen molar-refractivity contribution in [3.8, 4) is 33.2 Å². The van der Waals surface area contributed by atoms with Gasteiger partial charge in [0.2, 0.25) is 11.8 Å². The van der Waals surface area contributed by atoms with E-state index in [1.54, 1.807) is 13.0 Å². The summed E-state index contributed by atoms with van der Waals surface area (Å²) in [4.78, 5) is 24.1. The minimum atomic E-state index is -4.59. The second kappa shape index (κ2) is 9.52. The number of pyridine rings is 2. The van der Waals surface area contributed by atoms with Crippen LogP contribution >= 0.6 is 11.3 Å². The Bertz CT molecular complexity index is 1320. The summed E-state index contributed by atoms with van der Waals surface area (Å²) >= 11 is 0.821. The van der Waals surface area contributed by atoms with Gasteiger partial charge in [-0.05, 0) is 19.1 Å². The number of anilines is 1. The van der Waals surface area contributed by atoms with Crippen LogP contribution < -0.4 is 16.4 Å². The molecule has 0 unspecified atom stereocenters. The van der Waals surface area contributed by atoms with Gasteiger partial charge in [-0.25, -0.2) is 14.8 Å². The van der Waals surface area contributed by atoms with E-state index in [4.69, 9.17) is 10.2 Å². The van der Waals surface area contributed by atoms with Crippen LogP contribution in [0.3, 0.4) is 0 Å². The smallest absolute Gasteiger partial charge is 0.419 e. The summed E-state index contributed by atoms with van der Waals surface area (Å²) in [7, 11) is 0. The van der Waals surface area contributed by atoms with Crippen molar-refractivity contribution in [1.29, 1.82) is 0 Å². The number of carbonyl (C=O) groups excluding carboxylic acids is 1. The van der Waals surface area contributed by atoms with Crippen LogP contribution in [0.15, 0.2) is 40.5 Å². The molecule has 0 aliphatic heterocycles. The molecule has 0 aliphatic rings. The summed E-state index contributed by atoms with van der Waals surface area (Å²) in [6, 6.07) is 2.63. The van der Waals surface area contributed by atoms with Crippen molar-refractivity contribution >= 4 is 23.2 Å². The van der Waals surface area contributed by atoms with Gasteiger partial charge in [-0.1, -0.05) is 0 Å². The fourth-order valence-electron chi connectivity index (χ4n) is 2.94. The first-order valence-corrected chi connectivity index (χ1v) is 10.7. The lowest BCUT2D eigenvalue weighted by molar-refractivity contribution is -0.140. The average molecular weight is 490 g/mol. The first-order chi connectivity index (χ1) is 16.3. The number of nitrogens with two attached hydrogens (primary N) is 1. The van der Waals surface area contributed by atoms with Gasteiger partial charge >= 0.3 is 12.2 Å². The number of thiazole rings is 1. The van der Waals surface area contributed by atoms with Crippen LogP contribution in [0.1, 0.15) is 18.5 Å². The third-order valence-electron chi connectivity index (χ3n) is 4.45. The molecule has 0 atom stereocenters.